The van der Waals surface area contributed by atoms with Gasteiger partial charge in [-0.3, -0.25) is 9.69 Å². The first-order chi connectivity index (χ1) is 16.2. The van der Waals surface area contributed by atoms with E-state index in [4.69, 9.17) is 11.6 Å². The van der Waals surface area contributed by atoms with Crippen LogP contribution < -0.4 is 15.1 Å². The number of piperazine rings is 1. The third kappa shape index (κ3) is 4.85. The minimum atomic E-state index is -0.143. The van der Waals surface area contributed by atoms with Gasteiger partial charge in [-0.05, 0) is 54.9 Å². The van der Waals surface area contributed by atoms with Gasteiger partial charge in [0, 0.05) is 43.4 Å². The Balaban J connectivity index is 1.22. The molecule has 1 N–H and O–H groups in total. The van der Waals surface area contributed by atoms with Gasteiger partial charge in [-0.15, -0.1) is 0 Å². The lowest BCUT2D eigenvalue weighted by Gasteiger charge is -2.40. The van der Waals surface area contributed by atoms with Crippen molar-refractivity contribution in [3.8, 4) is 0 Å². The lowest BCUT2D eigenvalue weighted by Crippen LogP contribution is -2.49. The van der Waals surface area contributed by atoms with Crippen LogP contribution in [0.15, 0.2) is 78.9 Å². The molecule has 0 bridgehead atoms. The highest BCUT2D eigenvalue weighted by Gasteiger charge is 2.31. The first kappa shape index (κ1) is 21.8. The third-order valence-corrected chi connectivity index (χ3v) is 6.84. The van der Waals surface area contributed by atoms with Crippen molar-refractivity contribution in [1.82, 2.24) is 10.2 Å². The van der Waals surface area contributed by atoms with Crippen LogP contribution in [0.4, 0.5) is 11.4 Å². The number of hydrogen-bond donors (Lipinski definition) is 1. The van der Waals surface area contributed by atoms with Gasteiger partial charge in [0.1, 0.15) is 6.17 Å². The molecule has 0 aromatic heterocycles. The molecule has 3 aromatic carbocycles. The fraction of sp³-hybridized carbons (Fsp3) is 0.296. The highest BCUT2D eigenvalue weighted by Crippen LogP contribution is 2.33. The van der Waals surface area contributed by atoms with Gasteiger partial charge in [-0.1, -0.05) is 54.1 Å². The second kappa shape index (κ2) is 9.86. The molecule has 6 heteroatoms. The summed E-state index contributed by atoms with van der Waals surface area (Å²) in [7, 11) is 0. The zero-order valence-electron chi connectivity index (χ0n) is 18.7. The Morgan fingerprint density at radius 1 is 0.818 bits per heavy atom. The molecule has 33 heavy (non-hydrogen) atoms. The predicted octanol–water partition coefficient (Wildman–Crippen LogP) is 4.80. The molecule has 2 aliphatic heterocycles. The number of amides is 1. The lowest BCUT2D eigenvalue weighted by molar-refractivity contribution is 0.0926. The van der Waals surface area contributed by atoms with E-state index < -0.39 is 0 Å². The van der Waals surface area contributed by atoms with Gasteiger partial charge in [0.25, 0.3) is 5.91 Å². The largest absolute Gasteiger partial charge is 0.369 e. The molecule has 1 amide bonds. The number of para-hydroxylation sites is 1. The zero-order chi connectivity index (χ0) is 22.6. The lowest BCUT2D eigenvalue weighted by atomic mass is 10.0. The van der Waals surface area contributed by atoms with Crippen LogP contribution >= 0.6 is 11.6 Å². The summed E-state index contributed by atoms with van der Waals surface area (Å²) in [4.78, 5) is 20.1. The smallest absolute Gasteiger partial charge is 0.255 e. The van der Waals surface area contributed by atoms with E-state index in [-0.39, 0.29) is 12.1 Å². The second-order valence-corrected chi connectivity index (χ2v) is 9.09. The van der Waals surface area contributed by atoms with E-state index in [2.05, 4.69) is 50.3 Å². The summed E-state index contributed by atoms with van der Waals surface area (Å²) in [5, 5.41) is 3.99. The molecule has 5 rings (SSSR count). The van der Waals surface area contributed by atoms with Crippen molar-refractivity contribution in [3.05, 3.63) is 95.0 Å². The molecular formula is C27H29ClN4O. The number of anilines is 2. The number of rotatable bonds is 6. The first-order valence-corrected chi connectivity index (χ1v) is 12.0. The van der Waals surface area contributed by atoms with Crippen molar-refractivity contribution in [2.24, 2.45) is 0 Å². The van der Waals surface area contributed by atoms with Gasteiger partial charge >= 0.3 is 0 Å². The Morgan fingerprint density at radius 2 is 1.52 bits per heavy atom. The van der Waals surface area contributed by atoms with Crippen LogP contribution in [0, 0.1) is 0 Å². The Bertz CT molecular complexity index is 1080. The van der Waals surface area contributed by atoms with Crippen molar-refractivity contribution in [3.63, 3.8) is 0 Å². The Labute approximate surface area is 200 Å². The normalized spacial score (nSPS) is 18.7. The summed E-state index contributed by atoms with van der Waals surface area (Å²) >= 11 is 6.03. The summed E-state index contributed by atoms with van der Waals surface area (Å²) in [5.41, 5.74) is 4.12. The van der Waals surface area contributed by atoms with E-state index >= 15 is 0 Å². The molecule has 2 heterocycles. The van der Waals surface area contributed by atoms with Crippen LogP contribution in [0.1, 0.15) is 28.5 Å². The van der Waals surface area contributed by atoms with E-state index in [1.165, 1.54) is 5.69 Å². The summed E-state index contributed by atoms with van der Waals surface area (Å²) in [5.74, 6) is -0.00553. The van der Waals surface area contributed by atoms with E-state index in [1.807, 2.05) is 48.5 Å². The fourth-order valence-electron chi connectivity index (χ4n) is 4.83. The van der Waals surface area contributed by atoms with Crippen LogP contribution in [0.2, 0.25) is 5.02 Å². The molecule has 1 saturated heterocycles. The van der Waals surface area contributed by atoms with E-state index in [1.54, 1.807) is 0 Å². The van der Waals surface area contributed by atoms with E-state index in [0.29, 0.717) is 0 Å². The third-order valence-electron chi connectivity index (χ3n) is 6.59. The van der Waals surface area contributed by atoms with Crippen LogP contribution in [-0.2, 0) is 0 Å². The molecule has 170 valence electrons. The molecule has 5 nitrogen and oxygen atoms in total. The van der Waals surface area contributed by atoms with Crippen LogP contribution in [-0.4, -0.2) is 50.1 Å². The second-order valence-electron chi connectivity index (χ2n) is 8.66. The van der Waals surface area contributed by atoms with Crippen LogP contribution in [0.5, 0.6) is 0 Å². The molecule has 3 aromatic rings. The Morgan fingerprint density at radius 3 is 2.27 bits per heavy atom. The summed E-state index contributed by atoms with van der Waals surface area (Å²) in [6.07, 6.45) is 0.893. The van der Waals surface area contributed by atoms with Crippen molar-refractivity contribution in [2.75, 3.05) is 49.1 Å². The number of nitrogens with one attached hydrogen (secondary N) is 1. The molecule has 1 fully saturated rings. The SMILES string of the molecule is O=C1NC(c2ccccc2)N(CCCN2CCN(c3ccc(Cl)cc3)CC2)c2ccccc21. The van der Waals surface area contributed by atoms with Crippen LogP contribution in [0.25, 0.3) is 0 Å². The maximum absolute atomic E-state index is 12.7. The Hall–Kier alpha value is -3.02. The fourth-order valence-corrected chi connectivity index (χ4v) is 4.96. The zero-order valence-corrected chi connectivity index (χ0v) is 19.4. The standard InChI is InChI=1S/C27H29ClN4O/c28-22-11-13-23(14-12-22)31-19-17-30(18-20-31)15-6-16-32-25-10-5-4-9-24(25)27(33)29-26(32)21-7-2-1-3-8-21/h1-5,7-14,26H,6,15-20H2,(H,29,33). The number of halogens is 1. The average molecular weight is 461 g/mol. The van der Waals surface area contributed by atoms with Gasteiger partial charge in [0.15, 0.2) is 0 Å². The molecule has 1 atom stereocenters. The van der Waals surface area contributed by atoms with Crippen molar-refractivity contribution >= 4 is 28.9 Å². The minimum Gasteiger partial charge on any atom is -0.369 e. The molecule has 0 radical (unpaired) electrons. The molecule has 0 aliphatic carbocycles. The number of hydrogen-bond acceptors (Lipinski definition) is 4. The number of nitrogens with zero attached hydrogens (tertiary/aromatic N) is 3. The molecule has 1 unspecified atom stereocenters. The van der Waals surface area contributed by atoms with Crippen molar-refractivity contribution < 1.29 is 4.79 Å². The van der Waals surface area contributed by atoms with E-state index in [9.17, 15) is 4.79 Å². The maximum Gasteiger partial charge on any atom is 0.255 e. The quantitative estimate of drug-likeness (QED) is 0.573. The maximum atomic E-state index is 12.7. The number of carbonyl (C=O) groups excluding carboxylic acids is 1. The van der Waals surface area contributed by atoms with Gasteiger partial charge < -0.3 is 15.1 Å². The van der Waals surface area contributed by atoms with Gasteiger partial charge in [0.05, 0.1) is 11.3 Å². The van der Waals surface area contributed by atoms with Gasteiger partial charge in [-0.2, -0.15) is 0 Å². The number of fused-ring (bicyclic) bond motifs is 1. The van der Waals surface area contributed by atoms with E-state index in [0.717, 1.165) is 67.5 Å². The first-order valence-electron chi connectivity index (χ1n) is 11.6. The van der Waals surface area contributed by atoms with Gasteiger partial charge in [0.2, 0.25) is 0 Å². The Kier molecular flexibility index (Phi) is 6.51. The molecular weight excluding hydrogens is 432 g/mol. The minimum absolute atomic E-state index is 0.00553. The highest BCUT2D eigenvalue weighted by molar-refractivity contribution is 6.30. The number of carbonyl (C=O) groups is 1. The van der Waals surface area contributed by atoms with Crippen molar-refractivity contribution in [1.29, 1.82) is 0 Å². The molecule has 0 saturated carbocycles. The monoisotopic (exact) mass is 460 g/mol. The topological polar surface area (TPSA) is 38.8 Å². The van der Waals surface area contributed by atoms with Crippen LogP contribution in [0.3, 0.4) is 0 Å². The summed E-state index contributed by atoms with van der Waals surface area (Å²) < 4.78 is 0. The highest BCUT2D eigenvalue weighted by atomic mass is 35.5. The van der Waals surface area contributed by atoms with Gasteiger partial charge in [-0.25, -0.2) is 0 Å². The summed E-state index contributed by atoms with van der Waals surface area (Å²) in [6.45, 7) is 6.08. The number of benzene rings is 3. The summed E-state index contributed by atoms with van der Waals surface area (Å²) in [6, 6.07) is 26.3. The predicted molar refractivity (Wildman–Crippen MR) is 135 cm³/mol. The molecule has 2 aliphatic rings. The average Bonchev–Trinajstić information content (AvgIpc) is 2.87. The van der Waals surface area contributed by atoms with Crippen molar-refractivity contribution in [2.45, 2.75) is 12.6 Å². The molecule has 0 spiro atoms.